The van der Waals surface area contributed by atoms with Crippen LogP contribution in [0.5, 0.6) is 0 Å². The molecule has 4 heteroatoms. The molecule has 3 unspecified atom stereocenters. The molecule has 1 aromatic heterocycles. The molecule has 2 rings (SSSR count). The maximum Gasteiger partial charge on any atom is 0.323 e. The van der Waals surface area contributed by atoms with E-state index in [-0.39, 0.29) is 17.9 Å². The van der Waals surface area contributed by atoms with Crippen LogP contribution in [0, 0.1) is 11.8 Å². The topological polar surface area (TPSA) is 51.5 Å². The van der Waals surface area contributed by atoms with Gasteiger partial charge in [0, 0.05) is 5.92 Å². The van der Waals surface area contributed by atoms with Crippen molar-refractivity contribution in [2.75, 3.05) is 7.11 Å². The Hall–Kier alpha value is -1.29. The molecule has 3 atom stereocenters. The van der Waals surface area contributed by atoms with Crippen molar-refractivity contribution in [1.29, 1.82) is 0 Å². The van der Waals surface area contributed by atoms with E-state index in [9.17, 15) is 4.79 Å². The zero-order valence-electron chi connectivity index (χ0n) is 12.1. The second-order valence-electron chi connectivity index (χ2n) is 5.75. The number of esters is 1. The number of furan rings is 1. The normalized spacial score (nSPS) is 23.4. The predicted octanol–water partition coefficient (Wildman–Crippen LogP) is 2.69. The van der Waals surface area contributed by atoms with E-state index < -0.39 is 0 Å². The molecule has 0 saturated heterocycles. The van der Waals surface area contributed by atoms with Gasteiger partial charge in [0.05, 0.1) is 13.7 Å². The van der Waals surface area contributed by atoms with Gasteiger partial charge in [-0.05, 0) is 30.4 Å². The minimum Gasteiger partial charge on any atom is -0.468 e. The van der Waals surface area contributed by atoms with Crippen LogP contribution in [0.1, 0.15) is 44.6 Å². The van der Waals surface area contributed by atoms with E-state index in [4.69, 9.17) is 9.15 Å². The van der Waals surface area contributed by atoms with E-state index in [1.165, 1.54) is 13.5 Å². The van der Waals surface area contributed by atoms with Crippen LogP contribution >= 0.6 is 0 Å². The van der Waals surface area contributed by atoms with Crippen LogP contribution in [0.25, 0.3) is 0 Å². The van der Waals surface area contributed by atoms with Crippen molar-refractivity contribution in [2.45, 2.75) is 45.7 Å². The van der Waals surface area contributed by atoms with E-state index in [1.54, 1.807) is 0 Å². The van der Waals surface area contributed by atoms with E-state index in [0.717, 1.165) is 17.4 Å². The third kappa shape index (κ3) is 3.38. The van der Waals surface area contributed by atoms with E-state index in [0.29, 0.717) is 12.5 Å². The van der Waals surface area contributed by atoms with Crippen molar-refractivity contribution >= 4 is 5.97 Å². The Kier molecular flexibility index (Phi) is 4.30. The monoisotopic (exact) mass is 265 g/mol. The highest BCUT2D eigenvalue weighted by Crippen LogP contribution is 2.47. The Labute approximate surface area is 114 Å². The number of carbonyl (C=O) groups excluding carboxylic acids is 1. The molecule has 1 N–H and O–H groups in total. The molecular weight excluding hydrogens is 242 g/mol. The van der Waals surface area contributed by atoms with Crippen LogP contribution < -0.4 is 5.32 Å². The molecule has 1 saturated carbocycles. The number of hydrogen-bond acceptors (Lipinski definition) is 4. The van der Waals surface area contributed by atoms with Gasteiger partial charge in [-0.15, -0.1) is 0 Å². The van der Waals surface area contributed by atoms with Gasteiger partial charge in [0.1, 0.15) is 17.6 Å². The Morgan fingerprint density at radius 1 is 1.53 bits per heavy atom. The van der Waals surface area contributed by atoms with Gasteiger partial charge in [-0.1, -0.05) is 20.8 Å². The summed E-state index contributed by atoms with van der Waals surface area (Å²) < 4.78 is 10.6. The van der Waals surface area contributed by atoms with Gasteiger partial charge in [-0.25, -0.2) is 0 Å². The number of nitrogens with one attached hydrogen (secondary N) is 1. The lowest BCUT2D eigenvalue weighted by Gasteiger charge is -2.19. The minimum atomic E-state index is -0.293. The summed E-state index contributed by atoms with van der Waals surface area (Å²) in [5.41, 5.74) is 0. The highest BCUT2D eigenvalue weighted by atomic mass is 16.5. The Morgan fingerprint density at radius 3 is 2.74 bits per heavy atom. The lowest BCUT2D eigenvalue weighted by Crippen LogP contribution is -2.41. The molecule has 0 radical (unpaired) electrons. The Balaban J connectivity index is 1.90. The average molecular weight is 265 g/mol. The minimum absolute atomic E-state index is 0.185. The second-order valence-corrected chi connectivity index (χ2v) is 5.75. The van der Waals surface area contributed by atoms with Crippen molar-refractivity contribution < 1.29 is 13.9 Å². The fourth-order valence-electron chi connectivity index (χ4n) is 2.34. The zero-order valence-corrected chi connectivity index (χ0v) is 12.1. The molecule has 0 amide bonds. The summed E-state index contributed by atoms with van der Waals surface area (Å²) in [5, 5.41) is 3.20. The van der Waals surface area contributed by atoms with Gasteiger partial charge in [0.25, 0.3) is 0 Å². The SMILES string of the molecule is COC(=O)C(NCc1ccc(C2CC2C)o1)C(C)C. The molecule has 4 nitrogen and oxygen atoms in total. The van der Waals surface area contributed by atoms with Gasteiger partial charge in [0.2, 0.25) is 0 Å². The first kappa shape index (κ1) is 14.1. The van der Waals surface area contributed by atoms with Gasteiger partial charge in [0.15, 0.2) is 0 Å². The number of methoxy groups -OCH3 is 1. The van der Waals surface area contributed by atoms with Gasteiger partial charge >= 0.3 is 5.97 Å². The number of rotatable bonds is 6. The average Bonchev–Trinajstić information content (AvgIpc) is 2.91. The smallest absolute Gasteiger partial charge is 0.323 e. The molecule has 1 aromatic rings. The first-order chi connectivity index (χ1) is 9.02. The fourth-order valence-corrected chi connectivity index (χ4v) is 2.34. The van der Waals surface area contributed by atoms with Crippen LogP contribution in [-0.4, -0.2) is 19.1 Å². The van der Waals surface area contributed by atoms with E-state index in [2.05, 4.69) is 12.2 Å². The summed E-state index contributed by atoms with van der Waals surface area (Å²) in [5.74, 6) is 3.25. The van der Waals surface area contributed by atoms with Gasteiger partial charge in [-0.2, -0.15) is 0 Å². The summed E-state index contributed by atoms with van der Waals surface area (Å²) >= 11 is 0. The molecule has 1 aliphatic carbocycles. The summed E-state index contributed by atoms with van der Waals surface area (Å²) in [6.07, 6.45) is 1.22. The Bertz CT molecular complexity index is 438. The van der Waals surface area contributed by atoms with Crippen LogP contribution in [0.2, 0.25) is 0 Å². The number of hydrogen-bond donors (Lipinski definition) is 1. The quantitative estimate of drug-likeness (QED) is 0.803. The van der Waals surface area contributed by atoms with E-state index in [1.807, 2.05) is 26.0 Å². The van der Waals surface area contributed by atoms with E-state index >= 15 is 0 Å². The van der Waals surface area contributed by atoms with Gasteiger partial charge < -0.3 is 9.15 Å². The van der Waals surface area contributed by atoms with Crippen LogP contribution in [0.15, 0.2) is 16.5 Å². The fraction of sp³-hybridized carbons (Fsp3) is 0.667. The molecule has 1 heterocycles. The summed E-state index contributed by atoms with van der Waals surface area (Å²) in [6.45, 7) is 6.78. The largest absolute Gasteiger partial charge is 0.468 e. The zero-order chi connectivity index (χ0) is 14.0. The van der Waals surface area contributed by atoms with Crippen molar-refractivity contribution in [1.82, 2.24) is 5.32 Å². The van der Waals surface area contributed by atoms with Crippen molar-refractivity contribution in [3.05, 3.63) is 23.7 Å². The molecule has 1 aliphatic rings. The summed E-state index contributed by atoms with van der Waals surface area (Å²) in [7, 11) is 1.42. The maximum atomic E-state index is 11.6. The van der Waals surface area contributed by atoms with Crippen molar-refractivity contribution in [3.8, 4) is 0 Å². The highest BCUT2D eigenvalue weighted by Gasteiger charge is 2.36. The summed E-state index contributed by atoms with van der Waals surface area (Å²) in [6, 6.07) is 3.74. The molecular formula is C15H23NO3. The lowest BCUT2D eigenvalue weighted by molar-refractivity contribution is -0.144. The first-order valence-electron chi connectivity index (χ1n) is 6.92. The third-order valence-electron chi connectivity index (χ3n) is 3.78. The lowest BCUT2D eigenvalue weighted by atomic mass is 10.0. The second kappa shape index (κ2) is 5.78. The van der Waals surface area contributed by atoms with Gasteiger partial charge in [-0.3, -0.25) is 10.1 Å². The highest BCUT2D eigenvalue weighted by molar-refractivity contribution is 5.75. The Morgan fingerprint density at radius 2 is 2.21 bits per heavy atom. The predicted molar refractivity (Wildman–Crippen MR) is 72.7 cm³/mol. The maximum absolute atomic E-state index is 11.6. The number of carbonyl (C=O) groups is 1. The molecule has 0 aliphatic heterocycles. The van der Waals surface area contributed by atoms with Crippen LogP contribution in [0.4, 0.5) is 0 Å². The molecule has 0 spiro atoms. The molecule has 0 aromatic carbocycles. The molecule has 0 bridgehead atoms. The van der Waals surface area contributed by atoms with Crippen LogP contribution in [0.3, 0.4) is 0 Å². The molecule has 106 valence electrons. The third-order valence-corrected chi connectivity index (χ3v) is 3.78. The van der Waals surface area contributed by atoms with Crippen molar-refractivity contribution in [2.24, 2.45) is 11.8 Å². The standard InChI is InChI=1S/C15H23NO3/c1-9(2)14(15(17)18-4)16-8-11-5-6-13(19-11)12-7-10(12)3/h5-6,9-10,12,14,16H,7-8H2,1-4H3. The summed E-state index contributed by atoms with van der Waals surface area (Å²) in [4.78, 5) is 11.6. The van der Waals surface area contributed by atoms with Crippen LogP contribution in [-0.2, 0) is 16.1 Å². The first-order valence-corrected chi connectivity index (χ1v) is 6.92. The molecule has 19 heavy (non-hydrogen) atoms. The van der Waals surface area contributed by atoms with Crippen molar-refractivity contribution in [3.63, 3.8) is 0 Å². The molecule has 1 fully saturated rings. The number of ether oxygens (including phenoxy) is 1.